The molecule has 0 rings (SSSR count). The highest BCUT2D eigenvalue weighted by molar-refractivity contribution is 5.53. The van der Waals surface area contributed by atoms with Crippen molar-refractivity contribution in [2.24, 2.45) is 4.99 Å². The monoisotopic (exact) mass is 157 g/mol. The van der Waals surface area contributed by atoms with Gasteiger partial charge in [-0.2, -0.15) is 0 Å². The number of nitrogens with one attached hydrogen (secondary N) is 1. The van der Waals surface area contributed by atoms with Gasteiger partial charge in [-0.1, -0.05) is 0 Å². The zero-order valence-electron chi connectivity index (χ0n) is 7.96. The van der Waals surface area contributed by atoms with E-state index in [0.29, 0.717) is 6.04 Å². The third-order valence-corrected chi connectivity index (χ3v) is 1.71. The third kappa shape index (κ3) is 5.85. The molecule has 3 heteroatoms. The molecule has 0 aromatic heterocycles. The average molecular weight is 157 g/mol. The molecular formula is C8H19N3. The zero-order chi connectivity index (χ0) is 8.69. The second kappa shape index (κ2) is 6.16. The molecule has 3 nitrogen and oxygen atoms in total. The van der Waals surface area contributed by atoms with Gasteiger partial charge in [0, 0.05) is 26.2 Å². The van der Waals surface area contributed by atoms with Crippen LogP contribution < -0.4 is 5.32 Å². The molecule has 0 saturated carbocycles. The minimum Gasteiger partial charge on any atom is -0.375 e. The number of aliphatic imine (C=N–C) groups is 1. The van der Waals surface area contributed by atoms with Crippen LogP contribution in [0.2, 0.25) is 0 Å². The molecule has 11 heavy (non-hydrogen) atoms. The van der Waals surface area contributed by atoms with Gasteiger partial charge in [-0.3, -0.25) is 4.99 Å². The fourth-order valence-corrected chi connectivity index (χ4v) is 0.655. The molecule has 0 spiro atoms. The van der Waals surface area contributed by atoms with Crippen molar-refractivity contribution in [3.63, 3.8) is 0 Å². The van der Waals surface area contributed by atoms with Gasteiger partial charge in [0.15, 0.2) is 0 Å². The summed E-state index contributed by atoms with van der Waals surface area (Å²) in [6, 6.07) is 0.621. The Morgan fingerprint density at radius 2 is 2.18 bits per heavy atom. The lowest BCUT2D eigenvalue weighted by molar-refractivity contribution is 0.278. The Bertz CT molecular complexity index is 110. The second-order valence-electron chi connectivity index (χ2n) is 2.92. The van der Waals surface area contributed by atoms with Gasteiger partial charge in [0.05, 0.1) is 6.34 Å². The molecule has 0 radical (unpaired) electrons. The Labute approximate surface area is 69.5 Å². The van der Waals surface area contributed by atoms with E-state index in [2.05, 4.69) is 36.1 Å². The third-order valence-electron chi connectivity index (χ3n) is 1.71. The van der Waals surface area contributed by atoms with Gasteiger partial charge in [-0.25, -0.2) is 0 Å². The summed E-state index contributed by atoms with van der Waals surface area (Å²) in [7, 11) is 3.88. The number of nitrogens with zero attached hydrogens (tertiary/aromatic N) is 2. The molecule has 0 aliphatic rings. The van der Waals surface area contributed by atoms with E-state index in [4.69, 9.17) is 0 Å². The van der Waals surface area contributed by atoms with Crippen molar-refractivity contribution < 1.29 is 0 Å². The van der Waals surface area contributed by atoms with E-state index in [0.717, 1.165) is 13.1 Å². The summed E-state index contributed by atoms with van der Waals surface area (Å²) in [5.41, 5.74) is 0. The first-order chi connectivity index (χ1) is 5.18. The molecule has 0 atom stereocenters. The Kier molecular flexibility index (Phi) is 5.84. The lowest BCUT2D eigenvalue weighted by Crippen LogP contribution is -2.33. The normalized spacial score (nSPS) is 11.8. The van der Waals surface area contributed by atoms with Crippen molar-refractivity contribution in [1.82, 2.24) is 10.2 Å². The minimum absolute atomic E-state index is 0.621. The van der Waals surface area contributed by atoms with Crippen molar-refractivity contribution in [3.05, 3.63) is 0 Å². The van der Waals surface area contributed by atoms with E-state index in [1.165, 1.54) is 0 Å². The Morgan fingerprint density at radius 3 is 2.64 bits per heavy atom. The first kappa shape index (κ1) is 10.4. The quantitative estimate of drug-likeness (QED) is 0.359. The zero-order valence-corrected chi connectivity index (χ0v) is 7.96. The Hall–Kier alpha value is -0.570. The van der Waals surface area contributed by atoms with Crippen LogP contribution in [0.15, 0.2) is 4.99 Å². The summed E-state index contributed by atoms with van der Waals surface area (Å²) in [5, 5.41) is 3.09. The predicted molar refractivity (Wildman–Crippen MR) is 50.2 cm³/mol. The lowest BCUT2D eigenvalue weighted by Gasteiger charge is -2.20. The molecule has 66 valence electrons. The first-order valence-corrected chi connectivity index (χ1v) is 4.02. The standard InChI is InChI=1S/C8H19N3/c1-8(2)11(4)6-5-10-7-9-3/h7-8H,5-6H2,1-4H3,(H,9,10). The van der Waals surface area contributed by atoms with Crippen LogP contribution in [0.1, 0.15) is 13.8 Å². The van der Waals surface area contributed by atoms with Gasteiger partial charge >= 0.3 is 0 Å². The van der Waals surface area contributed by atoms with Gasteiger partial charge in [-0.05, 0) is 20.9 Å². The van der Waals surface area contributed by atoms with E-state index >= 15 is 0 Å². The number of hydrogen-bond donors (Lipinski definition) is 1. The second-order valence-corrected chi connectivity index (χ2v) is 2.92. The highest BCUT2D eigenvalue weighted by Crippen LogP contribution is 1.90. The molecule has 0 saturated heterocycles. The number of hydrogen-bond acceptors (Lipinski definition) is 2. The molecule has 0 bridgehead atoms. The van der Waals surface area contributed by atoms with Crippen LogP contribution in [-0.2, 0) is 0 Å². The molecular weight excluding hydrogens is 138 g/mol. The summed E-state index contributed by atoms with van der Waals surface area (Å²) < 4.78 is 0. The fraction of sp³-hybridized carbons (Fsp3) is 0.875. The average Bonchev–Trinajstić information content (AvgIpc) is 1.97. The summed E-state index contributed by atoms with van der Waals surface area (Å²) >= 11 is 0. The summed E-state index contributed by atoms with van der Waals surface area (Å²) in [4.78, 5) is 6.11. The molecule has 0 fully saturated rings. The van der Waals surface area contributed by atoms with Crippen LogP contribution in [-0.4, -0.2) is 44.5 Å². The van der Waals surface area contributed by atoms with Crippen LogP contribution in [0.4, 0.5) is 0 Å². The van der Waals surface area contributed by atoms with Gasteiger partial charge in [0.1, 0.15) is 0 Å². The van der Waals surface area contributed by atoms with Crippen molar-refractivity contribution in [2.45, 2.75) is 19.9 Å². The van der Waals surface area contributed by atoms with Gasteiger partial charge in [0.2, 0.25) is 0 Å². The van der Waals surface area contributed by atoms with Gasteiger partial charge in [-0.15, -0.1) is 0 Å². The van der Waals surface area contributed by atoms with Crippen LogP contribution in [0.25, 0.3) is 0 Å². The molecule has 0 heterocycles. The highest BCUT2D eigenvalue weighted by Gasteiger charge is 1.99. The molecule has 0 unspecified atom stereocenters. The number of likely N-dealkylation sites (N-methyl/N-ethyl adjacent to an activating group) is 1. The minimum atomic E-state index is 0.621. The van der Waals surface area contributed by atoms with Crippen molar-refractivity contribution >= 4 is 6.34 Å². The maximum absolute atomic E-state index is 3.82. The van der Waals surface area contributed by atoms with Gasteiger partial charge < -0.3 is 10.2 Å². The molecule has 0 aliphatic heterocycles. The van der Waals surface area contributed by atoms with Gasteiger partial charge in [0.25, 0.3) is 0 Å². The van der Waals surface area contributed by atoms with Crippen LogP contribution >= 0.6 is 0 Å². The molecule has 0 aromatic rings. The maximum atomic E-state index is 3.82. The first-order valence-electron chi connectivity index (χ1n) is 4.02. The SMILES string of the molecule is CN=CNCCN(C)C(C)C. The van der Waals surface area contributed by atoms with Crippen LogP contribution in [0, 0.1) is 0 Å². The predicted octanol–water partition coefficient (Wildman–Crippen LogP) is 0.574. The smallest absolute Gasteiger partial charge is 0.0820 e. The van der Waals surface area contributed by atoms with Crippen molar-refractivity contribution in [3.8, 4) is 0 Å². The molecule has 0 aromatic carbocycles. The molecule has 1 N–H and O–H groups in total. The fourth-order valence-electron chi connectivity index (χ4n) is 0.655. The Morgan fingerprint density at radius 1 is 1.55 bits per heavy atom. The number of rotatable bonds is 5. The van der Waals surface area contributed by atoms with Crippen LogP contribution in [0.5, 0.6) is 0 Å². The van der Waals surface area contributed by atoms with E-state index in [-0.39, 0.29) is 0 Å². The summed E-state index contributed by atoms with van der Waals surface area (Å²) in [6.07, 6.45) is 1.73. The lowest BCUT2D eigenvalue weighted by atomic mass is 10.3. The van der Waals surface area contributed by atoms with E-state index in [1.807, 2.05) is 0 Å². The Balaban J connectivity index is 3.24. The molecule has 0 aliphatic carbocycles. The topological polar surface area (TPSA) is 27.6 Å². The van der Waals surface area contributed by atoms with E-state index < -0.39 is 0 Å². The summed E-state index contributed by atoms with van der Waals surface area (Å²) in [5.74, 6) is 0. The summed E-state index contributed by atoms with van der Waals surface area (Å²) in [6.45, 7) is 6.40. The van der Waals surface area contributed by atoms with Crippen LogP contribution in [0.3, 0.4) is 0 Å². The molecule has 0 amide bonds. The van der Waals surface area contributed by atoms with Crippen molar-refractivity contribution in [2.75, 3.05) is 27.2 Å². The highest BCUT2D eigenvalue weighted by atomic mass is 15.1. The maximum Gasteiger partial charge on any atom is 0.0820 e. The largest absolute Gasteiger partial charge is 0.375 e. The van der Waals surface area contributed by atoms with E-state index in [9.17, 15) is 0 Å². The van der Waals surface area contributed by atoms with E-state index in [1.54, 1.807) is 13.4 Å². The van der Waals surface area contributed by atoms with Crippen molar-refractivity contribution in [1.29, 1.82) is 0 Å².